The van der Waals surface area contributed by atoms with Crippen LogP contribution in [0.4, 0.5) is 5.13 Å². The molecule has 2 aromatic heterocycles. The molecule has 2 aromatic rings. The molecular formula is C15H19N5O2S. The van der Waals surface area contributed by atoms with E-state index in [4.69, 9.17) is 5.73 Å². The smallest absolute Gasteiger partial charge is 0.265 e. The molecule has 1 atom stereocenters. The molecule has 1 saturated heterocycles. The maximum atomic E-state index is 12.0. The van der Waals surface area contributed by atoms with Crippen LogP contribution in [0.2, 0.25) is 0 Å². The Morgan fingerprint density at radius 3 is 3.04 bits per heavy atom. The van der Waals surface area contributed by atoms with Crippen molar-refractivity contribution in [1.82, 2.24) is 15.3 Å². The number of carbonyl (C=O) groups excluding carboxylic acids is 2. The predicted octanol–water partition coefficient (Wildman–Crippen LogP) is 1.57. The Morgan fingerprint density at radius 2 is 2.35 bits per heavy atom. The lowest BCUT2D eigenvalue weighted by molar-refractivity contribution is -0.116. The van der Waals surface area contributed by atoms with Crippen molar-refractivity contribution in [3.05, 3.63) is 23.3 Å². The predicted molar refractivity (Wildman–Crippen MR) is 89.3 cm³/mol. The molecule has 1 aliphatic heterocycles. The highest BCUT2D eigenvalue weighted by molar-refractivity contribution is 7.14. The van der Waals surface area contributed by atoms with Crippen molar-refractivity contribution in [2.45, 2.75) is 19.3 Å². The maximum absolute atomic E-state index is 12.0. The highest BCUT2D eigenvalue weighted by Crippen LogP contribution is 2.25. The summed E-state index contributed by atoms with van der Waals surface area (Å²) < 4.78 is 0. The summed E-state index contributed by atoms with van der Waals surface area (Å²) in [6, 6.07) is 1.65. The van der Waals surface area contributed by atoms with E-state index < -0.39 is 5.91 Å². The number of anilines is 1. The van der Waals surface area contributed by atoms with E-state index in [2.05, 4.69) is 20.6 Å². The van der Waals surface area contributed by atoms with Crippen LogP contribution in [0.5, 0.6) is 0 Å². The maximum Gasteiger partial charge on any atom is 0.265 e. The normalized spacial score (nSPS) is 17.3. The number of thiazole rings is 1. The van der Waals surface area contributed by atoms with Gasteiger partial charge < -0.3 is 21.4 Å². The van der Waals surface area contributed by atoms with Crippen molar-refractivity contribution >= 4 is 28.3 Å². The Kier molecular flexibility index (Phi) is 4.73. The molecule has 3 heterocycles. The van der Waals surface area contributed by atoms with Gasteiger partial charge in [-0.15, -0.1) is 11.3 Å². The summed E-state index contributed by atoms with van der Waals surface area (Å²) in [5.74, 6) is 0.0748. The van der Waals surface area contributed by atoms with Crippen LogP contribution in [0.1, 0.15) is 29.8 Å². The molecule has 0 aromatic carbocycles. The Bertz CT molecular complexity index is 702. The Labute approximate surface area is 137 Å². The Balaban J connectivity index is 1.55. The molecule has 1 unspecified atom stereocenters. The van der Waals surface area contributed by atoms with Gasteiger partial charge >= 0.3 is 0 Å². The molecule has 1 fully saturated rings. The number of hydrogen-bond acceptors (Lipinski definition) is 5. The minimum absolute atomic E-state index is 0.00954. The molecule has 7 nitrogen and oxygen atoms in total. The zero-order valence-corrected chi connectivity index (χ0v) is 13.4. The van der Waals surface area contributed by atoms with Crippen molar-refractivity contribution in [3.63, 3.8) is 0 Å². The van der Waals surface area contributed by atoms with Crippen LogP contribution in [-0.2, 0) is 4.79 Å². The van der Waals surface area contributed by atoms with Crippen LogP contribution in [0, 0.1) is 5.92 Å². The van der Waals surface area contributed by atoms with Crippen molar-refractivity contribution in [3.8, 4) is 11.3 Å². The first-order valence-corrected chi connectivity index (χ1v) is 8.44. The number of aromatic nitrogens is 2. The molecule has 23 heavy (non-hydrogen) atoms. The second-order valence-corrected chi connectivity index (χ2v) is 6.51. The molecular weight excluding hydrogens is 314 g/mol. The second kappa shape index (κ2) is 6.93. The number of H-pyrrole nitrogens is 1. The molecule has 8 heteroatoms. The zero-order valence-electron chi connectivity index (χ0n) is 12.6. The summed E-state index contributed by atoms with van der Waals surface area (Å²) in [4.78, 5) is 30.2. The lowest BCUT2D eigenvalue weighted by Gasteiger charge is -2.06. The number of aromatic amines is 1. The standard InChI is InChI=1S/C15H19N5O2S/c16-14(22)11-5-10(7-18-11)12-8-23-15(19-12)20-13(21)2-1-9-3-4-17-6-9/h5,7-9,17-18H,1-4,6H2,(H2,16,22)(H,19,20,21). The molecule has 0 spiro atoms. The Morgan fingerprint density at radius 1 is 1.48 bits per heavy atom. The van der Waals surface area contributed by atoms with Gasteiger partial charge in [0.2, 0.25) is 5.91 Å². The fraction of sp³-hybridized carbons (Fsp3) is 0.400. The third-order valence-electron chi connectivity index (χ3n) is 3.94. The van der Waals surface area contributed by atoms with Gasteiger partial charge in [0, 0.05) is 23.6 Å². The number of primary amides is 1. The highest BCUT2D eigenvalue weighted by Gasteiger charge is 2.16. The van der Waals surface area contributed by atoms with Crippen molar-refractivity contribution in [1.29, 1.82) is 0 Å². The third kappa shape index (κ3) is 3.96. The average molecular weight is 333 g/mol. The molecule has 0 aliphatic carbocycles. The van der Waals surface area contributed by atoms with Gasteiger partial charge in [-0.25, -0.2) is 4.98 Å². The van der Waals surface area contributed by atoms with Crippen LogP contribution in [0.15, 0.2) is 17.6 Å². The molecule has 0 radical (unpaired) electrons. The molecule has 1 aliphatic rings. The third-order valence-corrected chi connectivity index (χ3v) is 4.69. The number of nitrogens with zero attached hydrogens (tertiary/aromatic N) is 1. The largest absolute Gasteiger partial charge is 0.364 e. The molecule has 0 bridgehead atoms. The average Bonchev–Trinajstić information content (AvgIpc) is 3.26. The van der Waals surface area contributed by atoms with Crippen molar-refractivity contribution in [2.75, 3.05) is 18.4 Å². The van der Waals surface area contributed by atoms with E-state index in [0.29, 0.717) is 28.9 Å². The number of carbonyl (C=O) groups is 2. The summed E-state index contributed by atoms with van der Waals surface area (Å²) >= 11 is 1.36. The fourth-order valence-electron chi connectivity index (χ4n) is 2.63. The van der Waals surface area contributed by atoms with E-state index in [1.54, 1.807) is 12.3 Å². The number of hydrogen-bond donors (Lipinski definition) is 4. The van der Waals surface area contributed by atoms with E-state index in [-0.39, 0.29) is 5.91 Å². The summed E-state index contributed by atoms with van der Waals surface area (Å²) in [6.07, 6.45) is 4.23. The van der Waals surface area contributed by atoms with Gasteiger partial charge in [-0.3, -0.25) is 9.59 Å². The van der Waals surface area contributed by atoms with Crippen LogP contribution < -0.4 is 16.4 Å². The number of rotatable bonds is 6. The van der Waals surface area contributed by atoms with Gasteiger partial charge in [-0.2, -0.15) is 0 Å². The lowest BCUT2D eigenvalue weighted by Crippen LogP contribution is -2.14. The first-order chi connectivity index (χ1) is 11.1. The molecule has 3 rings (SSSR count). The van der Waals surface area contributed by atoms with Crippen LogP contribution in [0.25, 0.3) is 11.3 Å². The van der Waals surface area contributed by atoms with Crippen molar-refractivity contribution < 1.29 is 9.59 Å². The number of amides is 2. The van der Waals surface area contributed by atoms with Gasteiger partial charge in [0.25, 0.3) is 5.91 Å². The van der Waals surface area contributed by atoms with E-state index in [1.807, 2.05) is 5.38 Å². The lowest BCUT2D eigenvalue weighted by atomic mass is 10.0. The Hall–Kier alpha value is -2.19. The topological polar surface area (TPSA) is 113 Å². The van der Waals surface area contributed by atoms with Gasteiger partial charge in [0.1, 0.15) is 5.69 Å². The second-order valence-electron chi connectivity index (χ2n) is 5.65. The SMILES string of the molecule is NC(=O)c1cc(-c2csc(NC(=O)CCC3CCNC3)n2)c[nH]1. The first kappa shape index (κ1) is 15.7. The van der Waals surface area contributed by atoms with Crippen molar-refractivity contribution in [2.24, 2.45) is 11.7 Å². The fourth-order valence-corrected chi connectivity index (χ4v) is 3.36. The van der Waals surface area contributed by atoms with Crippen LogP contribution in [0.3, 0.4) is 0 Å². The monoisotopic (exact) mass is 333 g/mol. The minimum atomic E-state index is -0.513. The summed E-state index contributed by atoms with van der Waals surface area (Å²) in [6.45, 7) is 2.05. The minimum Gasteiger partial charge on any atom is -0.364 e. The molecule has 5 N–H and O–H groups in total. The number of nitrogens with one attached hydrogen (secondary N) is 3. The highest BCUT2D eigenvalue weighted by atomic mass is 32.1. The van der Waals surface area contributed by atoms with Gasteiger partial charge in [-0.1, -0.05) is 0 Å². The van der Waals surface area contributed by atoms with Gasteiger partial charge in [0.15, 0.2) is 5.13 Å². The first-order valence-electron chi connectivity index (χ1n) is 7.56. The summed E-state index contributed by atoms with van der Waals surface area (Å²) in [7, 11) is 0. The number of nitrogens with two attached hydrogens (primary N) is 1. The van der Waals surface area contributed by atoms with Crippen LogP contribution in [-0.4, -0.2) is 34.9 Å². The summed E-state index contributed by atoms with van der Waals surface area (Å²) in [5, 5.41) is 8.53. The zero-order chi connectivity index (χ0) is 16.2. The summed E-state index contributed by atoms with van der Waals surface area (Å²) in [5.41, 5.74) is 7.02. The molecule has 122 valence electrons. The van der Waals surface area contributed by atoms with Gasteiger partial charge in [-0.05, 0) is 37.9 Å². The molecule has 2 amide bonds. The van der Waals surface area contributed by atoms with Gasteiger partial charge in [0.05, 0.1) is 5.69 Å². The van der Waals surface area contributed by atoms with E-state index in [9.17, 15) is 9.59 Å². The van der Waals surface area contributed by atoms with Crippen LogP contribution >= 0.6 is 11.3 Å². The van der Waals surface area contributed by atoms with E-state index in [0.717, 1.165) is 31.5 Å². The molecule has 0 saturated carbocycles. The van der Waals surface area contributed by atoms with E-state index >= 15 is 0 Å². The van der Waals surface area contributed by atoms with E-state index in [1.165, 1.54) is 11.3 Å². The quantitative estimate of drug-likeness (QED) is 0.642.